The van der Waals surface area contributed by atoms with E-state index in [1.807, 2.05) is 18.3 Å². The number of carbonyl (C=O) groups is 1. The average Bonchev–Trinajstić information content (AvgIpc) is 3.05. The molecule has 2 heterocycles. The number of nitrogens with two attached hydrogens (primary N) is 1. The largest absolute Gasteiger partial charge is 0.324 e. The number of nitrogens with zero attached hydrogens (tertiary/aromatic N) is 1. The standard InChI is InChI=1S/C15H20N2OS2.ClH/c1-11-17-12(10-19-11)5-6-15-8-7-14(20-15)4-2-3-13(18)9-16;/h7-8,10H,2-6,9,16H2,1H3;1H. The number of hydrogen-bond donors (Lipinski definition) is 1. The minimum atomic E-state index is 0. The molecule has 0 aliphatic carbocycles. The average molecular weight is 345 g/mol. The molecule has 116 valence electrons. The number of rotatable bonds is 8. The molecule has 0 aliphatic rings. The van der Waals surface area contributed by atoms with E-state index in [1.54, 1.807) is 11.3 Å². The molecule has 0 unspecified atom stereocenters. The van der Waals surface area contributed by atoms with E-state index >= 15 is 0 Å². The lowest BCUT2D eigenvalue weighted by atomic mass is 10.1. The van der Waals surface area contributed by atoms with Gasteiger partial charge in [-0.05, 0) is 44.7 Å². The maximum absolute atomic E-state index is 11.1. The van der Waals surface area contributed by atoms with Crippen LogP contribution < -0.4 is 5.73 Å². The summed E-state index contributed by atoms with van der Waals surface area (Å²) in [6, 6.07) is 4.38. The molecular weight excluding hydrogens is 324 g/mol. The Bertz CT molecular complexity index is 566. The lowest BCUT2D eigenvalue weighted by molar-refractivity contribution is -0.117. The number of ketones is 1. The van der Waals surface area contributed by atoms with Crippen LogP contribution in [-0.4, -0.2) is 17.3 Å². The first-order valence-corrected chi connectivity index (χ1v) is 8.57. The van der Waals surface area contributed by atoms with Crippen LogP contribution in [0.1, 0.15) is 33.3 Å². The third kappa shape index (κ3) is 6.26. The molecule has 0 spiro atoms. The summed E-state index contributed by atoms with van der Waals surface area (Å²) in [4.78, 5) is 18.4. The van der Waals surface area contributed by atoms with Crippen molar-refractivity contribution in [3.8, 4) is 0 Å². The van der Waals surface area contributed by atoms with Crippen LogP contribution in [0.25, 0.3) is 0 Å². The van der Waals surface area contributed by atoms with Gasteiger partial charge >= 0.3 is 0 Å². The molecule has 0 saturated heterocycles. The van der Waals surface area contributed by atoms with Crippen LogP contribution in [0.4, 0.5) is 0 Å². The second kappa shape index (κ2) is 9.30. The van der Waals surface area contributed by atoms with Crippen molar-refractivity contribution in [2.75, 3.05) is 6.54 Å². The molecule has 0 aromatic carbocycles. The van der Waals surface area contributed by atoms with Crippen LogP contribution >= 0.6 is 35.1 Å². The van der Waals surface area contributed by atoms with Gasteiger partial charge in [0, 0.05) is 21.6 Å². The number of thiophene rings is 1. The van der Waals surface area contributed by atoms with E-state index in [0.717, 1.165) is 30.7 Å². The summed E-state index contributed by atoms with van der Waals surface area (Å²) in [6.45, 7) is 2.21. The summed E-state index contributed by atoms with van der Waals surface area (Å²) in [5.74, 6) is 0.153. The van der Waals surface area contributed by atoms with Crippen LogP contribution in [0.5, 0.6) is 0 Å². The zero-order valence-electron chi connectivity index (χ0n) is 12.1. The first kappa shape index (κ1) is 18.3. The van der Waals surface area contributed by atoms with Crippen molar-refractivity contribution in [1.82, 2.24) is 4.98 Å². The van der Waals surface area contributed by atoms with E-state index in [2.05, 4.69) is 22.5 Å². The SMILES string of the molecule is Cc1nc(CCc2ccc(CCCC(=O)CN)s2)cs1.Cl. The second-order valence-corrected chi connectivity index (χ2v) is 7.14. The molecule has 0 saturated carbocycles. The van der Waals surface area contributed by atoms with E-state index < -0.39 is 0 Å². The molecule has 2 N–H and O–H groups in total. The Labute approximate surface area is 140 Å². The zero-order chi connectivity index (χ0) is 14.4. The molecule has 2 aromatic heterocycles. The predicted octanol–water partition coefficient (Wildman–Crippen LogP) is 3.57. The number of halogens is 1. The summed E-state index contributed by atoms with van der Waals surface area (Å²) in [5, 5.41) is 3.28. The normalized spacial score (nSPS) is 10.4. The highest BCUT2D eigenvalue weighted by atomic mass is 35.5. The number of aryl methyl sites for hydroxylation is 4. The summed E-state index contributed by atoms with van der Waals surface area (Å²) in [7, 11) is 0. The molecular formula is C15H21ClN2OS2. The topological polar surface area (TPSA) is 56.0 Å². The Hall–Kier alpha value is -0.750. The third-order valence-corrected chi connectivity index (χ3v) is 5.15. The molecule has 6 heteroatoms. The highest BCUT2D eigenvalue weighted by molar-refractivity contribution is 7.12. The van der Waals surface area contributed by atoms with Crippen molar-refractivity contribution in [2.24, 2.45) is 5.73 Å². The van der Waals surface area contributed by atoms with Gasteiger partial charge in [-0.3, -0.25) is 4.79 Å². The molecule has 0 aliphatic heterocycles. The summed E-state index contributed by atoms with van der Waals surface area (Å²) in [6.07, 6.45) is 4.54. The van der Waals surface area contributed by atoms with Crippen molar-refractivity contribution < 1.29 is 4.79 Å². The number of hydrogen-bond acceptors (Lipinski definition) is 5. The lowest BCUT2D eigenvalue weighted by Gasteiger charge is -1.97. The number of carbonyl (C=O) groups excluding carboxylic acids is 1. The Kier molecular flexibility index (Phi) is 8.11. The van der Waals surface area contributed by atoms with E-state index in [0.29, 0.717) is 6.42 Å². The highest BCUT2D eigenvalue weighted by Crippen LogP contribution is 2.21. The Morgan fingerprint density at radius 3 is 2.57 bits per heavy atom. The summed E-state index contributed by atoms with van der Waals surface area (Å²) < 4.78 is 0. The second-order valence-electron chi connectivity index (χ2n) is 4.82. The van der Waals surface area contributed by atoms with Gasteiger partial charge in [0.05, 0.1) is 17.2 Å². The molecule has 0 atom stereocenters. The summed E-state index contributed by atoms with van der Waals surface area (Å²) >= 11 is 3.56. The number of thiazole rings is 1. The van der Waals surface area contributed by atoms with Gasteiger partial charge in [0.25, 0.3) is 0 Å². The van der Waals surface area contributed by atoms with Crippen molar-refractivity contribution >= 4 is 40.9 Å². The van der Waals surface area contributed by atoms with Crippen molar-refractivity contribution in [3.05, 3.63) is 38.0 Å². The highest BCUT2D eigenvalue weighted by Gasteiger charge is 2.04. The molecule has 0 amide bonds. The first-order chi connectivity index (χ1) is 9.67. The summed E-state index contributed by atoms with van der Waals surface area (Å²) in [5.41, 5.74) is 6.49. The van der Waals surface area contributed by atoms with E-state index in [9.17, 15) is 4.79 Å². The minimum Gasteiger partial charge on any atom is -0.324 e. The van der Waals surface area contributed by atoms with Gasteiger partial charge in [0.2, 0.25) is 0 Å². The Balaban J connectivity index is 0.00000220. The quantitative estimate of drug-likeness (QED) is 0.796. The van der Waals surface area contributed by atoms with E-state index in [-0.39, 0.29) is 24.7 Å². The third-order valence-electron chi connectivity index (χ3n) is 3.12. The monoisotopic (exact) mass is 344 g/mol. The fraction of sp³-hybridized carbons (Fsp3) is 0.467. The maximum Gasteiger partial charge on any atom is 0.146 e. The van der Waals surface area contributed by atoms with Gasteiger partial charge in [0.15, 0.2) is 0 Å². The van der Waals surface area contributed by atoms with Crippen LogP contribution in [0.15, 0.2) is 17.5 Å². The van der Waals surface area contributed by atoms with Crippen LogP contribution in [0, 0.1) is 6.92 Å². The first-order valence-electron chi connectivity index (χ1n) is 6.87. The predicted molar refractivity (Wildman–Crippen MR) is 92.8 cm³/mol. The lowest BCUT2D eigenvalue weighted by Crippen LogP contribution is -2.12. The van der Waals surface area contributed by atoms with Gasteiger partial charge in [0.1, 0.15) is 5.78 Å². The van der Waals surface area contributed by atoms with Gasteiger partial charge in [-0.15, -0.1) is 35.1 Å². The molecule has 2 aromatic rings. The van der Waals surface area contributed by atoms with Crippen LogP contribution in [0.3, 0.4) is 0 Å². The molecule has 2 rings (SSSR count). The zero-order valence-corrected chi connectivity index (χ0v) is 14.6. The molecule has 3 nitrogen and oxygen atoms in total. The fourth-order valence-corrected chi connectivity index (χ4v) is 3.73. The van der Waals surface area contributed by atoms with E-state index in [1.165, 1.54) is 15.4 Å². The van der Waals surface area contributed by atoms with Crippen molar-refractivity contribution in [1.29, 1.82) is 0 Å². The van der Waals surface area contributed by atoms with Crippen molar-refractivity contribution in [2.45, 2.75) is 39.0 Å². The van der Waals surface area contributed by atoms with Crippen LogP contribution in [-0.2, 0) is 24.1 Å². The maximum atomic E-state index is 11.1. The Morgan fingerprint density at radius 1 is 1.24 bits per heavy atom. The molecule has 0 fully saturated rings. The molecule has 21 heavy (non-hydrogen) atoms. The number of Topliss-reactive ketones (excluding diaryl/α,β-unsaturated/α-hetero) is 1. The van der Waals surface area contributed by atoms with Crippen LogP contribution in [0.2, 0.25) is 0 Å². The van der Waals surface area contributed by atoms with E-state index in [4.69, 9.17) is 5.73 Å². The van der Waals surface area contributed by atoms with Crippen molar-refractivity contribution in [3.63, 3.8) is 0 Å². The molecule has 0 bridgehead atoms. The fourth-order valence-electron chi connectivity index (χ4n) is 2.03. The van der Waals surface area contributed by atoms with Gasteiger partial charge in [-0.25, -0.2) is 4.98 Å². The van der Waals surface area contributed by atoms with Gasteiger partial charge in [-0.2, -0.15) is 0 Å². The molecule has 0 radical (unpaired) electrons. The van der Waals surface area contributed by atoms with Gasteiger partial charge in [-0.1, -0.05) is 0 Å². The Morgan fingerprint density at radius 2 is 1.95 bits per heavy atom. The minimum absolute atomic E-state index is 0. The van der Waals surface area contributed by atoms with Gasteiger partial charge < -0.3 is 5.73 Å². The smallest absolute Gasteiger partial charge is 0.146 e. The number of aromatic nitrogens is 1.